The quantitative estimate of drug-likeness (QED) is 0.799. The molecule has 0 saturated carbocycles. The first-order chi connectivity index (χ1) is 8.97. The van der Waals surface area contributed by atoms with E-state index in [4.69, 9.17) is 10.8 Å². The Morgan fingerprint density at radius 3 is 2.74 bits per heavy atom. The van der Waals surface area contributed by atoms with Crippen LogP contribution in [0.1, 0.15) is 33.2 Å². The first-order valence-corrected chi connectivity index (χ1v) is 6.61. The number of nitrogens with zero attached hydrogens (tertiary/aromatic N) is 1. The molecule has 0 fully saturated rings. The van der Waals surface area contributed by atoms with Gasteiger partial charge < -0.3 is 16.2 Å². The molecule has 0 aliphatic heterocycles. The molecule has 0 aromatic carbocycles. The largest absolute Gasteiger partial charge is 0.477 e. The maximum absolute atomic E-state index is 10.9. The van der Waals surface area contributed by atoms with Crippen molar-refractivity contribution in [3.8, 4) is 0 Å². The van der Waals surface area contributed by atoms with Crippen molar-refractivity contribution in [1.29, 1.82) is 0 Å². The van der Waals surface area contributed by atoms with Gasteiger partial charge in [-0.1, -0.05) is 0 Å². The van der Waals surface area contributed by atoms with Gasteiger partial charge in [0.15, 0.2) is 11.5 Å². The number of carbonyl (C=O) groups is 1. The molecule has 1 atom stereocenters. The molecule has 5 nitrogen and oxygen atoms in total. The van der Waals surface area contributed by atoms with Gasteiger partial charge in [0.05, 0.1) is 11.7 Å². The second-order valence-electron chi connectivity index (χ2n) is 4.25. The average molecular weight is 277 g/mol. The Labute approximate surface area is 115 Å². The minimum Gasteiger partial charge on any atom is -0.477 e. The number of carboxylic acids is 1. The van der Waals surface area contributed by atoms with Crippen LogP contribution in [0, 0.1) is 6.92 Å². The number of carboxylic acid groups (broad SMARTS) is 1. The highest BCUT2D eigenvalue weighted by Gasteiger charge is 2.13. The van der Waals surface area contributed by atoms with Gasteiger partial charge >= 0.3 is 5.97 Å². The highest BCUT2D eigenvalue weighted by Crippen LogP contribution is 2.27. The van der Waals surface area contributed by atoms with Crippen molar-refractivity contribution in [1.82, 2.24) is 4.98 Å². The topological polar surface area (TPSA) is 88.2 Å². The second kappa shape index (κ2) is 5.27. The van der Waals surface area contributed by atoms with Crippen molar-refractivity contribution in [3.05, 3.63) is 39.7 Å². The fourth-order valence-electron chi connectivity index (χ4n) is 1.67. The Morgan fingerprint density at radius 1 is 1.42 bits per heavy atom. The number of aryl methyl sites for hydroxylation is 1. The third-order valence-corrected chi connectivity index (χ3v) is 3.87. The van der Waals surface area contributed by atoms with E-state index in [1.54, 1.807) is 17.4 Å². The summed E-state index contributed by atoms with van der Waals surface area (Å²) in [4.78, 5) is 17.3. The van der Waals surface area contributed by atoms with E-state index in [1.165, 1.54) is 10.9 Å². The number of thiophene rings is 1. The summed E-state index contributed by atoms with van der Waals surface area (Å²) >= 11 is 1.68. The van der Waals surface area contributed by atoms with Gasteiger partial charge in [0, 0.05) is 9.75 Å². The van der Waals surface area contributed by atoms with E-state index >= 15 is 0 Å². The molecule has 4 N–H and O–H groups in total. The van der Waals surface area contributed by atoms with Gasteiger partial charge in [-0.25, -0.2) is 9.78 Å². The number of nitrogens with two attached hydrogens (primary N) is 1. The van der Waals surface area contributed by atoms with Crippen molar-refractivity contribution in [3.63, 3.8) is 0 Å². The van der Waals surface area contributed by atoms with Gasteiger partial charge in [-0.05, 0) is 38.1 Å². The Hall–Kier alpha value is -2.08. The van der Waals surface area contributed by atoms with Crippen molar-refractivity contribution in [2.45, 2.75) is 19.9 Å². The predicted molar refractivity (Wildman–Crippen MR) is 76.7 cm³/mol. The molecule has 2 aromatic rings. The highest BCUT2D eigenvalue weighted by atomic mass is 32.1. The van der Waals surface area contributed by atoms with Crippen LogP contribution in [-0.2, 0) is 0 Å². The van der Waals surface area contributed by atoms with E-state index in [9.17, 15) is 4.79 Å². The number of aromatic carboxylic acids is 1. The van der Waals surface area contributed by atoms with Gasteiger partial charge in [0.25, 0.3) is 0 Å². The molecule has 0 bridgehead atoms. The minimum absolute atomic E-state index is 0.0220. The zero-order valence-electron chi connectivity index (χ0n) is 10.7. The van der Waals surface area contributed by atoms with Crippen LogP contribution in [0.25, 0.3) is 0 Å². The molecule has 6 heteroatoms. The molecular formula is C13H15N3O2S. The van der Waals surface area contributed by atoms with Crippen LogP contribution in [0.3, 0.4) is 0 Å². The van der Waals surface area contributed by atoms with Gasteiger partial charge in [-0.2, -0.15) is 0 Å². The summed E-state index contributed by atoms with van der Waals surface area (Å²) in [5.74, 6) is -0.666. The molecule has 2 rings (SSSR count). The van der Waals surface area contributed by atoms with E-state index in [-0.39, 0.29) is 11.7 Å². The van der Waals surface area contributed by atoms with Crippen molar-refractivity contribution in [2.75, 3.05) is 11.1 Å². The number of nitrogen functional groups attached to an aromatic ring is 1. The molecule has 0 saturated heterocycles. The number of rotatable bonds is 4. The molecule has 0 aliphatic carbocycles. The zero-order chi connectivity index (χ0) is 14.0. The van der Waals surface area contributed by atoms with E-state index in [0.29, 0.717) is 11.5 Å². The highest BCUT2D eigenvalue weighted by molar-refractivity contribution is 7.12. The van der Waals surface area contributed by atoms with Crippen molar-refractivity contribution >= 4 is 28.8 Å². The molecule has 0 radical (unpaired) electrons. The van der Waals surface area contributed by atoms with E-state index < -0.39 is 5.97 Å². The summed E-state index contributed by atoms with van der Waals surface area (Å²) in [6.45, 7) is 4.03. The number of anilines is 2. The summed E-state index contributed by atoms with van der Waals surface area (Å²) in [6, 6.07) is 7.04. The lowest BCUT2D eigenvalue weighted by Crippen LogP contribution is -2.11. The van der Waals surface area contributed by atoms with Gasteiger partial charge in [-0.3, -0.25) is 0 Å². The Kier molecular flexibility index (Phi) is 3.71. The van der Waals surface area contributed by atoms with Crippen LogP contribution in [0.15, 0.2) is 24.3 Å². The lowest BCUT2D eigenvalue weighted by Gasteiger charge is -2.14. The first-order valence-electron chi connectivity index (χ1n) is 5.80. The van der Waals surface area contributed by atoms with Crippen LogP contribution in [0.2, 0.25) is 0 Å². The third kappa shape index (κ3) is 3.03. The summed E-state index contributed by atoms with van der Waals surface area (Å²) in [6.07, 6.45) is 0. The van der Waals surface area contributed by atoms with E-state index in [2.05, 4.69) is 10.3 Å². The van der Waals surface area contributed by atoms with Crippen LogP contribution in [0.4, 0.5) is 11.5 Å². The standard InChI is InChI=1S/C13H15N3O2S/c1-7-3-6-11(19-7)8(2)15-12-9(14)4-5-10(16-12)13(17)18/h3-6,8H,14H2,1-2H3,(H,15,16)(H,17,18). The molecular weight excluding hydrogens is 262 g/mol. The Bertz CT molecular complexity index is 610. The van der Waals surface area contributed by atoms with Crippen LogP contribution in [-0.4, -0.2) is 16.1 Å². The molecule has 0 spiro atoms. The lowest BCUT2D eigenvalue weighted by atomic mass is 10.2. The normalized spacial score (nSPS) is 12.1. The number of pyridine rings is 1. The molecule has 0 amide bonds. The predicted octanol–water partition coefficient (Wildman–Crippen LogP) is 2.91. The molecule has 19 heavy (non-hydrogen) atoms. The number of hydrogen-bond donors (Lipinski definition) is 3. The fourth-order valence-corrected chi connectivity index (χ4v) is 2.55. The smallest absolute Gasteiger partial charge is 0.354 e. The van der Waals surface area contributed by atoms with Gasteiger partial charge in [0.2, 0.25) is 0 Å². The third-order valence-electron chi connectivity index (χ3n) is 2.69. The maximum atomic E-state index is 10.9. The van der Waals surface area contributed by atoms with E-state index in [1.807, 2.05) is 26.0 Å². The lowest BCUT2D eigenvalue weighted by molar-refractivity contribution is 0.0690. The van der Waals surface area contributed by atoms with E-state index in [0.717, 1.165) is 4.88 Å². The molecule has 2 heterocycles. The number of aromatic nitrogens is 1. The second-order valence-corrected chi connectivity index (χ2v) is 5.57. The Balaban J connectivity index is 2.22. The Morgan fingerprint density at radius 2 is 2.16 bits per heavy atom. The van der Waals surface area contributed by atoms with Crippen LogP contribution >= 0.6 is 11.3 Å². The number of hydrogen-bond acceptors (Lipinski definition) is 5. The monoisotopic (exact) mass is 277 g/mol. The first kappa shape index (κ1) is 13.4. The fraction of sp³-hybridized carbons (Fsp3) is 0.231. The summed E-state index contributed by atoms with van der Waals surface area (Å²) in [5.41, 5.74) is 6.22. The van der Waals surface area contributed by atoms with Crippen molar-refractivity contribution in [2.24, 2.45) is 0 Å². The average Bonchev–Trinajstić information content (AvgIpc) is 2.78. The molecule has 1 unspecified atom stereocenters. The molecule has 2 aromatic heterocycles. The van der Waals surface area contributed by atoms with Gasteiger partial charge in [-0.15, -0.1) is 11.3 Å². The van der Waals surface area contributed by atoms with Crippen LogP contribution < -0.4 is 11.1 Å². The number of nitrogens with one attached hydrogen (secondary N) is 1. The zero-order valence-corrected chi connectivity index (χ0v) is 11.5. The minimum atomic E-state index is -1.07. The summed E-state index contributed by atoms with van der Waals surface area (Å²) < 4.78 is 0. The van der Waals surface area contributed by atoms with Crippen molar-refractivity contribution < 1.29 is 9.90 Å². The molecule has 0 aliphatic rings. The summed E-state index contributed by atoms with van der Waals surface area (Å²) in [7, 11) is 0. The summed E-state index contributed by atoms with van der Waals surface area (Å²) in [5, 5.41) is 12.1. The maximum Gasteiger partial charge on any atom is 0.354 e. The van der Waals surface area contributed by atoms with Crippen LogP contribution in [0.5, 0.6) is 0 Å². The SMILES string of the molecule is Cc1ccc(C(C)Nc2nc(C(=O)O)ccc2N)s1. The molecule has 100 valence electrons. The van der Waals surface area contributed by atoms with Gasteiger partial charge in [0.1, 0.15) is 0 Å².